The monoisotopic (exact) mass is 489 g/mol. The number of carbonyl (C=O) groups excluding carboxylic acids is 1. The number of carbonyl (C=O) groups is 1. The van der Waals surface area contributed by atoms with E-state index in [1.165, 1.54) is 12.4 Å². The van der Waals surface area contributed by atoms with Gasteiger partial charge in [-0.3, -0.25) is 14.8 Å². The van der Waals surface area contributed by atoms with Gasteiger partial charge in [0.1, 0.15) is 30.3 Å². The molecule has 1 aliphatic heterocycles. The van der Waals surface area contributed by atoms with Crippen LogP contribution in [0.4, 0.5) is 11.5 Å². The van der Waals surface area contributed by atoms with E-state index in [0.29, 0.717) is 58.0 Å². The predicted molar refractivity (Wildman–Crippen MR) is 130 cm³/mol. The van der Waals surface area contributed by atoms with Crippen LogP contribution in [0.3, 0.4) is 0 Å². The number of aromatic nitrogens is 5. The fraction of sp³-hybridized carbons (Fsp3) is 0.167. The Balaban J connectivity index is 1.29. The Bertz CT molecular complexity index is 1380. The van der Waals surface area contributed by atoms with Gasteiger partial charge in [0.05, 0.1) is 35.5 Å². The first kappa shape index (κ1) is 22.5. The van der Waals surface area contributed by atoms with Crippen molar-refractivity contribution in [3.8, 4) is 11.6 Å². The van der Waals surface area contributed by atoms with Crippen LogP contribution in [0.2, 0.25) is 5.02 Å². The van der Waals surface area contributed by atoms with Gasteiger partial charge in [0, 0.05) is 24.1 Å². The molecule has 0 aliphatic carbocycles. The Kier molecular flexibility index (Phi) is 6.36. The van der Waals surface area contributed by atoms with Crippen molar-refractivity contribution in [3.05, 3.63) is 78.6 Å². The number of likely N-dealkylation sites (tertiary alicyclic amines) is 1. The minimum atomic E-state index is -0.127. The maximum Gasteiger partial charge on any atom is 0.246 e. The fourth-order valence-corrected chi connectivity index (χ4v) is 3.70. The summed E-state index contributed by atoms with van der Waals surface area (Å²) in [6.07, 6.45) is 7.47. The van der Waals surface area contributed by atoms with Crippen molar-refractivity contribution < 1.29 is 14.3 Å². The van der Waals surface area contributed by atoms with Crippen LogP contribution in [0.1, 0.15) is 5.69 Å². The second-order valence-corrected chi connectivity index (χ2v) is 8.09. The molecule has 1 aromatic carbocycles. The van der Waals surface area contributed by atoms with Crippen molar-refractivity contribution in [2.75, 3.05) is 18.4 Å². The van der Waals surface area contributed by atoms with Gasteiger partial charge >= 0.3 is 0 Å². The van der Waals surface area contributed by atoms with E-state index in [-0.39, 0.29) is 18.6 Å². The topological polar surface area (TPSA) is 115 Å². The molecular weight excluding hydrogens is 470 g/mol. The third-order valence-electron chi connectivity index (χ3n) is 5.26. The van der Waals surface area contributed by atoms with Crippen molar-refractivity contribution in [3.63, 3.8) is 0 Å². The Hall–Kier alpha value is -4.31. The minimum absolute atomic E-state index is 0.111. The quantitative estimate of drug-likeness (QED) is 0.371. The minimum Gasteiger partial charge on any atom is -0.486 e. The Morgan fingerprint density at radius 2 is 2.09 bits per heavy atom. The fourth-order valence-electron chi connectivity index (χ4n) is 3.46. The molecule has 0 saturated carbocycles. The van der Waals surface area contributed by atoms with E-state index < -0.39 is 0 Å². The van der Waals surface area contributed by atoms with E-state index in [2.05, 4.69) is 36.8 Å². The predicted octanol–water partition coefficient (Wildman–Crippen LogP) is 3.57. The molecule has 0 bridgehead atoms. The van der Waals surface area contributed by atoms with Gasteiger partial charge in [-0.2, -0.15) is 0 Å². The molecule has 10 nitrogen and oxygen atoms in total. The van der Waals surface area contributed by atoms with E-state index in [4.69, 9.17) is 21.1 Å². The highest BCUT2D eigenvalue weighted by Gasteiger charge is 2.31. The van der Waals surface area contributed by atoms with Gasteiger partial charge in [-0.1, -0.05) is 18.2 Å². The molecule has 1 aliphatic rings. The molecule has 176 valence electrons. The maximum absolute atomic E-state index is 11.6. The molecule has 5 rings (SSSR count). The van der Waals surface area contributed by atoms with Crippen LogP contribution < -0.4 is 14.8 Å². The smallest absolute Gasteiger partial charge is 0.246 e. The summed E-state index contributed by atoms with van der Waals surface area (Å²) in [5.41, 5.74) is 2.60. The second kappa shape index (κ2) is 9.90. The third-order valence-corrected chi connectivity index (χ3v) is 5.56. The van der Waals surface area contributed by atoms with Crippen LogP contribution in [0, 0.1) is 0 Å². The number of amides is 1. The molecule has 0 radical (unpaired) electrons. The molecule has 1 fully saturated rings. The van der Waals surface area contributed by atoms with Gasteiger partial charge < -0.3 is 19.7 Å². The highest BCUT2D eigenvalue weighted by molar-refractivity contribution is 6.32. The number of anilines is 2. The molecule has 1 amide bonds. The zero-order chi connectivity index (χ0) is 24.2. The number of hydrogen-bond donors (Lipinski definition) is 1. The molecule has 1 saturated heterocycles. The number of ether oxygens (including phenoxy) is 2. The summed E-state index contributed by atoms with van der Waals surface area (Å²) in [5, 5.41) is 3.66. The summed E-state index contributed by atoms with van der Waals surface area (Å²) in [7, 11) is 0. The van der Waals surface area contributed by atoms with E-state index >= 15 is 0 Å². The number of rotatable bonds is 8. The molecule has 1 N–H and O–H groups in total. The van der Waals surface area contributed by atoms with Crippen molar-refractivity contribution in [2.24, 2.45) is 0 Å². The summed E-state index contributed by atoms with van der Waals surface area (Å²) in [4.78, 5) is 34.7. The number of benzene rings is 1. The first-order valence-corrected chi connectivity index (χ1v) is 11.1. The third kappa shape index (κ3) is 5.12. The van der Waals surface area contributed by atoms with Crippen LogP contribution in [0.25, 0.3) is 11.0 Å². The van der Waals surface area contributed by atoms with E-state index in [0.717, 1.165) is 0 Å². The van der Waals surface area contributed by atoms with E-state index in [9.17, 15) is 4.79 Å². The number of pyridine rings is 1. The van der Waals surface area contributed by atoms with Gasteiger partial charge in [0.15, 0.2) is 5.82 Å². The lowest BCUT2D eigenvalue weighted by Gasteiger charge is -2.37. The average molecular weight is 490 g/mol. The summed E-state index contributed by atoms with van der Waals surface area (Å²) in [6, 6.07) is 8.88. The van der Waals surface area contributed by atoms with Gasteiger partial charge in [-0.15, -0.1) is 0 Å². The summed E-state index contributed by atoms with van der Waals surface area (Å²) in [6.45, 7) is 4.73. The largest absolute Gasteiger partial charge is 0.486 e. The summed E-state index contributed by atoms with van der Waals surface area (Å²) < 4.78 is 11.7. The van der Waals surface area contributed by atoms with E-state index in [1.807, 2.05) is 12.1 Å². The lowest BCUT2D eigenvalue weighted by atomic mass is 10.1. The van der Waals surface area contributed by atoms with Gasteiger partial charge in [-0.25, -0.2) is 15.0 Å². The van der Waals surface area contributed by atoms with Gasteiger partial charge in [0.2, 0.25) is 11.8 Å². The summed E-state index contributed by atoms with van der Waals surface area (Å²) >= 11 is 6.43. The van der Waals surface area contributed by atoms with Crippen molar-refractivity contribution in [2.45, 2.75) is 12.7 Å². The lowest BCUT2D eigenvalue weighted by molar-refractivity contribution is -0.134. The molecule has 11 heteroatoms. The standard InChI is InChI=1S/C24H20ClN7O3/c1-2-22(33)32-11-17(12-32)35-21-6-4-19-23(31-21)24(29-14-28-19)30-15-3-5-20(18(25)9-15)34-13-16-10-26-7-8-27-16/h2-10,14,17H,1,11-13H2,(H,28,29,30). The first-order chi connectivity index (χ1) is 17.1. The Morgan fingerprint density at radius 3 is 2.86 bits per heavy atom. The first-order valence-electron chi connectivity index (χ1n) is 10.7. The SMILES string of the molecule is C=CC(=O)N1CC(Oc2ccc3ncnc(Nc4ccc(OCc5cnccn5)c(Cl)c4)c3n2)C1. The second-order valence-electron chi connectivity index (χ2n) is 7.68. The van der Waals surface area contributed by atoms with Crippen molar-refractivity contribution >= 4 is 40.0 Å². The van der Waals surface area contributed by atoms with Crippen LogP contribution in [-0.4, -0.2) is 54.9 Å². The van der Waals surface area contributed by atoms with E-state index in [1.54, 1.807) is 41.7 Å². The lowest BCUT2D eigenvalue weighted by Crippen LogP contribution is -2.55. The maximum atomic E-state index is 11.6. The summed E-state index contributed by atoms with van der Waals surface area (Å²) in [5.74, 6) is 1.34. The number of nitrogens with one attached hydrogen (secondary N) is 1. The molecule has 4 aromatic rings. The van der Waals surface area contributed by atoms with Crippen molar-refractivity contribution in [1.29, 1.82) is 0 Å². The number of halogens is 1. The van der Waals surface area contributed by atoms with Crippen LogP contribution in [0.5, 0.6) is 11.6 Å². The Morgan fingerprint density at radius 1 is 1.20 bits per heavy atom. The van der Waals surface area contributed by atoms with Crippen LogP contribution in [0.15, 0.2) is 67.9 Å². The molecule has 0 unspecified atom stereocenters. The highest BCUT2D eigenvalue weighted by atomic mass is 35.5. The molecule has 35 heavy (non-hydrogen) atoms. The van der Waals surface area contributed by atoms with Gasteiger partial charge in [-0.05, 0) is 30.3 Å². The zero-order valence-corrected chi connectivity index (χ0v) is 19.2. The van der Waals surface area contributed by atoms with Crippen LogP contribution >= 0.6 is 11.6 Å². The van der Waals surface area contributed by atoms with Crippen LogP contribution in [-0.2, 0) is 11.4 Å². The normalized spacial score (nSPS) is 13.2. The number of fused-ring (bicyclic) bond motifs is 1. The highest BCUT2D eigenvalue weighted by Crippen LogP contribution is 2.31. The molecule has 0 spiro atoms. The zero-order valence-electron chi connectivity index (χ0n) is 18.5. The Labute approximate surface area is 205 Å². The molecule has 4 heterocycles. The number of hydrogen-bond acceptors (Lipinski definition) is 9. The molecule has 3 aromatic heterocycles. The average Bonchev–Trinajstić information content (AvgIpc) is 2.86. The number of nitrogens with zero attached hydrogens (tertiary/aromatic N) is 6. The molecular formula is C24H20ClN7O3. The molecule has 0 atom stereocenters. The van der Waals surface area contributed by atoms with Crippen molar-refractivity contribution in [1.82, 2.24) is 29.8 Å². The van der Waals surface area contributed by atoms with Gasteiger partial charge in [0.25, 0.3) is 0 Å².